The molecule has 0 heterocycles. The van der Waals surface area contributed by atoms with E-state index < -0.39 is 18.8 Å². The van der Waals surface area contributed by atoms with Gasteiger partial charge in [-0.3, -0.25) is 0 Å². The van der Waals surface area contributed by atoms with Gasteiger partial charge < -0.3 is 24.8 Å². The van der Waals surface area contributed by atoms with Crippen molar-refractivity contribution in [3.05, 3.63) is 91.5 Å². The molecule has 0 N–H and O–H groups in total. The summed E-state index contributed by atoms with van der Waals surface area (Å²) in [6, 6.07) is 18.0. The van der Waals surface area contributed by atoms with E-state index in [4.69, 9.17) is 0 Å². The van der Waals surface area contributed by atoms with Crippen LogP contribution in [0.1, 0.15) is 21.2 Å². The third-order valence-electron chi connectivity index (χ3n) is 6.13. The number of benzene rings is 2. The first-order chi connectivity index (χ1) is 11.1. The maximum absolute atomic E-state index is 4.36. The summed E-state index contributed by atoms with van der Waals surface area (Å²) in [7, 11) is 0. The Morgan fingerprint density at radius 3 is 1.88 bits per heavy atom. The molecule has 2 aliphatic rings. The molecule has 0 bridgehead atoms. The Hall–Kier alpha value is -0.877. The zero-order chi connectivity index (χ0) is 16.1. The Bertz CT molecular complexity index is 832. The Morgan fingerprint density at radius 1 is 0.920 bits per heavy atom. The second kappa shape index (κ2) is 7.03. The van der Waals surface area contributed by atoms with Crippen molar-refractivity contribution in [3.63, 3.8) is 0 Å². The van der Waals surface area contributed by atoms with Crippen LogP contribution < -0.4 is 24.8 Å². The zero-order valence-electron chi connectivity index (χ0n) is 14.7. The van der Waals surface area contributed by atoms with Gasteiger partial charge in [-0.25, -0.2) is 0 Å². The van der Waals surface area contributed by atoms with Crippen molar-refractivity contribution in [2.24, 2.45) is 0 Å². The minimum absolute atomic E-state index is 0. The number of halogens is 2. The largest absolute Gasteiger partial charge is 1.00 e. The van der Waals surface area contributed by atoms with Crippen LogP contribution in [-0.4, -0.2) is 0 Å². The normalized spacial score (nSPS) is 15.6. The van der Waals surface area contributed by atoms with Crippen LogP contribution in [0, 0.1) is 0 Å². The van der Waals surface area contributed by atoms with Crippen molar-refractivity contribution in [2.45, 2.75) is 19.3 Å². The molecule has 0 aliphatic heterocycles. The molecule has 0 amide bonds. The molecule has 0 nitrogen and oxygen atoms in total. The molecule has 129 valence electrons. The Balaban J connectivity index is 0.00000113. The molecule has 0 saturated carbocycles. The molecular weight excluding hydrogens is 426 g/mol. The summed E-state index contributed by atoms with van der Waals surface area (Å²) in [5.74, 6) is 0. The minimum Gasteiger partial charge on any atom is -1.00 e. The van der Waals surface area contributed by atoms with E-state index in [0.29, 0.717) is 3.63 Å². The van der Waals surface area contributed by atoms with E-state index in [0.717, 1.165) is 6.42 Å². The maximum atomic E-state index is 4.36. The van der Waals surface area contributed by atoms with Gasteiger partial charge in [-0.05, 0) is 0 Å². The van der Waals surface area contributed by atoms with Crippen LogP contribution in [-0.2, 0) is 18.8 Å². The summed E-state index contributed by atoms with van der Waals surface area (Å²) in [6.45, 7) is 4.36. The Labute approximate surface area is 164 Å². The van der Waals surface area contributed by atoms with E-state index in [9.17, 15) is 0 Å². The SMILES string of the molecule is C=[CH][Zr+2]([CH3])([CH3])([C]1=CC=CC1)[CH]1c2ccccc2-c2ccccc21.[Cl-].[Cl-]. The van der Waals surface area contributed by atoms with Gasteiger partial charge in [0.1, 0.15) is 0 Å². The molecule has 25 heavy (non-hydrogen) atoms. The molecule has 3 heteroatoms. The third-order valence-corrected chi connectivity index (χ3v) is 21.0. The van der Waals surface area contributed by atoms with Gasteiger partial charge in [-0.2, -0.15) is 0 Å². The molecular formula is C22H23Cl2Zr. The number of hydrogen-bond donors (Lipinski definition) is 0. The maximum Gasteiger partial charge on any atom is -1.00 e. The first-order valence-electron chi connectivity index (χ1n) is 8.43. The quantitative estimate of drug-likeness (QED) is 0.642. The van der Waals surface area contributed by atoms with Gasteiger partial charge in [0.05, 0.1) is 0 Å². The summed E-state index contributed by atoms with van der Waals surface area (Å²) < 4.78 is 9.67. The van der Waals surface area contributed by atoms with Crippen LogP contribution in [0.15, 0.2) is 80.4 Å². The van der Waals surface area contributed by atoms with Crippen LogP contribution in [0.5, 0.6) is 0 Å². The molecule has 0 spiro atoms. The average molecular weight is 450 g/mol. The van der Waals surface area contributed by atoms with Crippen LogP contribution in [0.4, 0.5) is 0 Å². The standard InChI is InChI=1S/C13H9.C5H5.C2H3.2CH3.2ClH.Zr/c1-3-7-12-10(5-1)9-11-6-2-4-8-13(11)12;1-2-4-5-3-1;1-2;;;;;/h1-9H;1-3H,4H2;1H,2H2;2*1H3;2*1H;/q;;;;;;;+2/p-2. The number of allylic oxidation sites excluding steroid dienone is 4. The van der Waals surface area contributed by atoms with Crippen molar-refractivity contribution in [1.29, 1.82) is 0 Å². The van der Waals surface area contributed by atoms with Gasteiger partial charge >= 0.3 is 141 Å². The van der Waals surface area contributed by atoms with Crippen molar-refractivity contribution < 1.29 is 43.6 Å². The summed E-state index contributed by atoms with van der Waals surface area (Å²) >= 11 is -3.37. The van der Waals surface area contributed by atoms with Crippen molar-refractivity contribution in [2.75, 3.05) is 0 Å². The van der Waals surface area contributed by atoms with Gasteiger partial charge in [-0.1, -0.05) is 0 Å². The minimum atomic E-state index is -3.37. The van der Waals surface area contributed by atoms with Crippen LogP contribution in [0.25, 0.3) is 11.1 Å². The number of fused-ring (bicyclic) bond motifs is 3. The number of hydrogen-bond acceptors (Lipinski definition) is 0. The molecule has 2 aliphatic carbocycles. The zero-order valence-corrected chi connectivity index (χ0v) is 18.6. The van der Waals surface area contributed by atoms with Crippen molar-refractivity contribution in [1.82, 2.24) is 0 Å². The van der Waals surface area contributed by atoms with Gasteiger partial charge in [0.15, 0.2) is 0 Å². The Kier molecular flexibility index (Phi) is 5.75. The molecule has 0 unspecified atom stereocenters. The van der Waals surface area contributed by atoms with E-state index in [1.54, 1.807) is 3.28 Å². The predicted molar refractivity (Wildman–Crippen MR) is 97.5 cm³/mol. The van der Waals surface area contributed by atoms with Crippen molar-refractivity contribution in [3.8, 4) is 11.1 Å². The molecule has 0 atom stereocenters. The topological polar surface area (TPSA) is 0 Å². The molecule has 0 saturated heterocycles. The summed E-state index contributed by atoms with van der Waals surface area (Å²) in [5, 5.41) is 0. The van der Waals surface area contributed by atoms with Crippen LogP contribution in [0.2, 0.25) is 9.26 Å². The molecule has 0 radical (unpaired) electrons. The second-order valence-electron chi connectivity index (χ2n) is 7.75. The van der Waals surface area contributed by atoms with Crippen molar-refractivity contribution >= 4 is 0 Å². The summed E-state index contributed by atoms with van der Waals surface area (Å²) in [5.41, 5.74) is 5.87. The fourth-order valence-corrected chi connectivity index (χ4v) is 16.1. The fourth-order valence-electron chi connectivity index (χ4n) is 4.58. The molecule has 0 aromatic heterocycles. The molecule has 4 rings (SSSR count). The third kappa shape index (κ3) is 2.85. The number of rotatable bonds is 3. The average Bonchev–Trinajstić information content (AvgIpc) is 3.22. The fraction of sp³-hybridized carbons (Fsp3) is 0.182. The Morgan fingerprint density at radius 2 is 1.44 bits per heavy atom. The smallest absolute Gasteiger partial charge is 1.00 e. The van der Waals surface area contributed by atoms with Gasteiger partial charge in [0.2, 0.25) is 0 Å². The van der Waals surface area contributed by atoms with E-state index in [1.807, 2.05) is 0 Å². The summed E-state index contributed by atoms with van der Waals surface area (Å²) in [4.78, 5) is 0. The first kappa shape index (κ1) is 20.4. The first-order valence-corrected chi connectivity index (χ1v) is 17.4. The van der Waals surface area contributed by atoms with E-state index in [2.05, 4.69) is 86.4 Å². The van der Waals surface area contributed by atoms with Gasteiger partial charge in [0, 0.05) is 0 Å². The monoisotopic (exact) mass is 447 g/mol. The predicted octanol–water partition coefficient (Wildman–Crippen LogP) is 0.538. The summed E-state index contributed by atoms with van der Waals surface area (Å²) in [6.07, 6.45) is 8.00. The van der Waals surface area contributed by atoms with E-state index in [-0.39, 0.29) is 24.8 Å². The van der Waals surface area contributed by atoms with Gasteiger partial charge in [0.25, 0.3) is 0 Å². The molecule has 2 aromatic carbocycles. The van der Waals surface area contributed by atoms with Gasteiger partial charge in [-0.15, -0.1) is 0 Å². The van der Waals surface area contributed by atoms with E-state index in [1.165, 1.54) is 22.3 Å². The molecule has 0 fully saturated rings. The molecule has 2 aromatic rings. The van der Waals surface area contributed by atoms with Crippen LogP contribution in [0.3, 0.4) is 0 Å². The van der Waals surface area contributed by atoms with E-state index >= 15 is 0 Å². The van der Waals surface area contributed by atoms with Crippen LogP contribution >= 0.6 is 0 Å². The second-order valence-corrected chi connectivity index (χ2v) is 24.6.